The van der Waals surface area contributed by atoms with E-state index in [1.165, 1.54) is 24.0 Å². The van der Waals surface area contributed by atoms with Crippen molar-refractivity contribution in [3.8, 4) is 11.1 Å². The smallest absolute Gasteiger partial charge is 0.0593 e. The topological polar surface area (TPSA) is 27.1 Å². The van der Waals surface area contributed by atoms with Crippen molar-refractivity contribution in [2.75, 3.05) is 6.61 Å². The van der Waals surface area contributed by atoms with Crippen LogP contribution in [0.15, 0.2) is 42.7 Å². The molecule has 0 aliphatic carbocycles. The molecular weight excluding hydrogens is 224 g/mol. The Balaban J connectivity index is 1.63. The average Bonchev–Trinajstić information content (AvgIpc) is 3.09. The van der Waals surface area contributed by atoms with Gasteiger partial charge in [-0.05, 0) is 24.8 Å². The van der Waals surface area contributed by atoms with Crippen molar-refractivity contribution < 1.29 is 4.74 Å². The fourth-order valence-electron chi connectivity index (χ4n) is 2.41. The average molecular weight is 242 g/mol. The minimum atomic E-state index is 0.439. The Morgan fingerprint density at radius 2 is 2.11 bits per heavy atom. The van der Waals surface area contributed by atoms with E-state index < -0.39 is 0 Å². The van der Waals surface area contributed by atoms with Crippen LogP contribution in [0.5, 0.6) is 0 Å². The van der Waals surface area contributed by atoms with Gasteiger partial charge in [0.15, 0.2) is 0 Å². The van der Waals surface area contributed by atoms with Crippen molar-refractivity contribution >= 4 is 0 Å². The minimum Gasteiger partial charge on any atom is -0.378 e. The van der Waals surface area contributed by atoms with Gasteiger partial charge in [0.25, 0.3) is 0 Å². The number of hydrogen-bond donors (Lipinski definition) is 0. The molecule has 0 radical (unpaired) electrons. The molecule has 1 aliphatic rings. The van der Waals surface area contributed by atoms with Gasteiger partial charge in [0.2, 0.25) is 0 Å². The molecule has 94 valence electrons. The second-order valence-electron chi connectivity index (χ2n) is 4.78. The number of ether oxygens (including phenoxy) is 1. The molecule has 1 aliphatic heterocycles. The molecule has 3 nitrogen and oxygen atoms in total. The van der Waals surface area contributed by atoms with Crippen LogP contribution in [-0.2, 0) is 11.3 Å². The van der Waals surface area contributed by atoms with Gasteiger partial charge in [-0.15, -0.1) is 0 Å². The molecular formula is C15H18N2O. The lowest BCUT2D eigenvalue weighted by Crippen LogP contribution is -2.10. The zero-order valence-corrected chi connectivity index (χ0v) is 10.5. The van der Waals surface area contributed by atoms with Crippen LogP contribution in [0.25, 0.3) is 11.1 Å². The molecule has 1 aromatic heterocycles. The first kappa shape index (κ1) is 11.5. The van der Waals surface area contributed by atoms with Gasteiger partial charge in [-0.25, -0.2) is 0 Å². The zero-order valence-electron chi connectivity index (χ0n) is 10.5. The van der Waals surface area contributed by atoms with Gasteiger partial charge >= 0.3 is 0 Å². The standard InChI is InChI=1S/C15H18N2O/c1-2-5-13(6-3-1)14-11-16-17(12-14)9-8-15-7-4-10-18-15/h1-3,5-6,11-12,15H,4,7-10H2. The van der Waals surface area contributed by atoms with Gasteiger partial charge in [-0.2, -0.15) is 5.10 Å². The maximum Gasteiger partial charge on any atom is 0.0593 e. The van der Waals surface area contributed by atoms with E-state index in [-0.39, 0.29) is 0 Å². The summed E-state index contributed by atoms with van der Waals surface area (Å²) in [6, 6.07) is 10.4. The van der Waals surface area contributed by atoms with Gasteiger partial charge in [0.1, 0.15) is 0 Å². The molecule has 0 bridgehead atoms. The number of nitrogens with zero attached hydrogens (tertiary/aromatic N) is 2. The van der Waals surface area contributed by atoms with E-state index in [0.717, 1.165) is 19.6 Å². The third-order valence-electron chi connectivity index (χ3n) is 3.44. The molecule has 1 unspecified atom stereocenters. The molecule has 1 aromatic carbocycles. The number of aromatic nitrogens is 2. The predicted octanol–water partition coefficient (Wildman–Crippen LogP) is 3.12. The van der Waals surface area contributed by atoms with Crippen LogP contribution in [-0.4, -0.2) is 22.5 Å². The van der Waals surface area contributed by atoms with Gasteiger partial charge in [0, 0.05) is 24.9 Å². The highest BCUT2D eigenvalue weighted by Crippen LogP contribution is 2.19. The van der Waals surface area contributed by atoms with Crippen molar-refractivity contribution in [3.05, 3.63) is 42.7 Å². The molecule has 3 heteroatoms. The quantitative estimate of drug-likeness (QED) is 0.823. The maximum absolute atomic E-state index is 5.62. The summed E-state index contributed by atoms with van der Waals surface area (Å²) in [5.41, 5.74) is 2.41. The Kier molecular flexibility index (Phi) is 3.42. The summed E-state index contributed by atoms with van der Waals surface area (Å²) in [4.78, 5) is 0. The van der Waals surface area contributed by atoms with Crippen LogP contribution in [0.3, 0.4) is 0 Å². The fourth-order valence-corrected chi connectivity index (χ4v) is 2.41. The van der Waals surface area contributed by atoms with E-state index in [4.69, 9.17) is 4.74 Å². The van der Waals surface area contributed by atoms with Crippen LogP contribution >= 0.6 is 0 Å². The summed E-state index contributed by atoms with van der Waals surface area (Å²) >= 11 is 0. The lowest BCUT2D eigenvalue weighted by Gasteiger charge is -2.08. The van der Waals surface area contributed by atoms with E-state index in [2.05, 4.69) is 35.6 Å². The maximum atomic E-state index is 5.62. The van der Waals surface area contributed by atoms with Crippen molar-refractivity contribution in [2.24, 2.45) is 0 Å². The molecule has 3 rings (SSSR count). The first-order valence-corrected chi connectivity index (χ1v) is 6.61. The highest BCUT2D eigenvalue weighted by Gasteiger charge is 2.15. The van der Waals surface area contributed by atoms with E-state index >= 15 is 0 Å². The molecule has 0 N–H and O–H groups in total. The van der Waals surface area contributed by atoms with Crippen molar-refractivity contribution in [1.29, 1.82) is 0 Å². The van der Waals surface area contributed by atoms with Gasteiger partial charge in [-0.3, -0.25) is 4.68 Å². The molecule has 0 spiro atoms. The molecule has 1 saturated heterocycles. The lowest BCUT2D eigenvalue weighted by molar-refractivity contribution is 0.0994. The molecule has 18 heavy (non-hydrogen) atoms. The number of hydrogen-bond acceptors (Lipinski definition) is 2. The molecule has 0 saturated carbocycles. The monoisotopic (exact) mass is 242 g/mol. The number of rotatable bonds is 4. The summed E-state index contributed by atoms with van der Waals surface area (Å²) in [5.74, 6) is 0. The predicted molar refractivity (Wildman–Crippen MR) is 71.3 cm³/mol. The Morgan fingerprint density at radius 3 is 2.89 bits per heavy atom. The second-order valence-corrected chi connectivity index (χ2v) is 4.78. The van der Waals surface area contributed by atoms with Crippen LogP contribution in [0.2, 0.25) is 0 Å². The third-order valence-corrected chi connectivity index (χ3v) is 3.44. The van der Waals surface area contributed by atoms with E-state index in [1.807, 2.05) is 16.9 Å². The van der Waals surface area contributed by atoms with E-state index in [1.54, 1.807) is 0 Å². The fraction of sp³-hybridized carbons (Fsp3) is 0.400. The first-order chi connectivity index (χ1) is 8.92. The van der Waals surface area contributed by atoms with Crippen LogP contribution in [0.4, 0.5) is 0 Å². The summed E-state index contributed by atoms with van der Waals surface area (Å²) in [6.45, 7) is 1.87. The lowest BCUT2D eigenvalue weighted by atomic mass is 10.1. The Morgan fingerprint density at radius 1 is 1.22 bits per heavy atom. The summed E-state index contributed by atoms with van der Waals surface area (Å²) in [6.07, 6.45) is 7.96. The van der Waals surface area contributed by atoms with E-state index in [0.29, 0.717) is 6.10 Å². The normalized spacial score (nSPS) is 19.2. The second kappa shape index (κ2) is 5.36. The largest absolute Gasteiger partial charge is 0.378 e. The van der Waals surface area contributed by atoms with Gasteiger partial charge in [-0.1, -0.05) is 30.3 Å². The Bertz CT molecular complexity index is 486. The highest BCUT2D eigenvalue weighted by atomic mass is 16.5. The Labute approximate surface area is 107 Å². The van der Waals surface area contributed by atoms with Crippen molar-refractivity contribution in [1.82, 2.24) is 9.78 Å². The van der Waals surface area contributed by atoms with E-state index in [9.17, 15) is 0 Å². The van der Waals surface area contributed by atoms with Crippen LogP contribution in [0.1, 0.15) is 19.3 Å². The number of aryl methyl sites for hydroxylation is 1. The van der Waals surface area contributed by atoms with Crippen LogP contribution in [0, 0.1) is 0 Å². The molecule has 1 atom stereocenters. The third kappa shape index (κ3) is 2.62. The summed E-state index contributed by atoms with van der Waals surface area (Å²) in [7, 11) is 0. The number of benzene rings is 1. The van der Waals surface area contributed by atoms with Crippen molar-refractivity contribution in [2.45, 2.75) is 31.9 Å². The van der Waals surface area contributed by atoms with Crippen molar-refractivity contribution in [3.63, 3.8) is 0 Å². The molecule has 1 fully saturated rings. The van der Waals surface area contributed by atoms with Gasteiger partial charge < -0.3 is 4.74 Å². The van der Waals surface area contributed by atoms with Crippen LogP contribution < -0.4 is 0 Å². The first-order valence-electron chi connectivity index (χ1n) is 6.61. The molecule has 2 heterocycles. The van der Waals surface area contributed by atoms with Gasteiger partial charge in [0.05, 0.1) is 12.3 Å². The molecule has 0 amide bonds. The highest BCUT2D eigenvalue weighted by molar-refractivity contribution is 5.61. The zero-order chi connectivity index (χ0) is 12.2. The summed E-state index contributed by atoms with van der Waals surface area (Å²) in [5, 5.41) is 4.41. The SMILES string of the molecule is c1ccc(-c2cnn(CCC3CCCO3)c2)cc1. The minimum absolute atomic E-state index is 0.439. The summed E-state index contributed by atoms with van der Waals surface area (Å²) < 4.78 is 7.64. The molecule has 2 aromatic rings. The Hall–Kier alpha value is -1.61.